The van der Waals surface area contributed by atoms with Crippen LogP contribution >= 0.6 is 11.6 Å². The number of amides is 1. The van der Waals surface area contributed by atoms with Gasteiger partial charge in [0.1, 0.15) is 11.4 Å². The normalized spacial score (nSPS) is 17.2. The lowest BCUT2D eigenvalue weighted by Gasteiger charge is -2.44. The van der Waals surface area contributed by atoms with E-state index in [0.29, 0.717) is 60.2 Å². The van der Waals surface area contributed by atoms with E-state index in [-0.39, 0.29) is 18.1 Å². The van der Waals surface area contributed by atoms with Crippen LogP contribution in [0.15, 0.2) is 30.3 Å². The highest BCUT2D eigenvalue weighted by molar-refractivity contribution is 6.31. The number of fused-ring (bicyclic) bond motifs is 1. The molecule has 2 aliphatic rings. The molecule has 164 valence electrons. The quantitative estimate of drug-likeness (QED) is 0.707. The zero-order chi connectivity index (χ0) is 22.2. The van der Waals surface area contributed by atoms with Crippen molar-refractivity contribution in [3.8, 4) is 17.2 Å². The Labute approximate surface area is 187 Å². The van der Waals surface area contributed by atoms with Crippen molar-refractivity contribution in [1.82, 2.24) is 4.90 Å². The number of likely N-dealkylation sites (tertiary alicyclic amines) is 1. The molecule has 4 rings (SSSR count). The van der Waals surface area contributed by atoms with E-state index in [9.17, 15) is 9.59 Å². The van der Waals surface area contributed by atoms with Crippen LogP contribution in [0.3, 0.4) is 0 Å². The first-order chi connectivity index (χ1) is 14.8. The lowest BCUT2D eigenvalue weighted by atomic mass is 9.82. The van der Waals surface area contributed by atoms with Crippen LogP contribution in [0.4, 0.5) is 0 Å². The maximum absolute atomic E-state index is 12.9. The molecule has 0 saturated carbocycles. The Balaban J connectivity index is 1.42. The molecule has 31 heavy (non-hydrogen) atoms. The van der Waals surface area contributed by atoms with Gasteiger partial charge in [0.25, 0.3) is 0 Å². The minimum atomic E-state index is -0.551. The summed E-state index contributed by atoms with van der Waals surface area (Å²) >= 11 is 6.18. The van der Waals surface area contributed by atoms with Crippen molar-refractivity contribution in [2.24, 2.45) is 0 Å². The number of benzene rings is 2. The smallest absolute Gasteiger partial charge is 0.226 e. The van der Waals surface area contributed by atoms with Gasteiger partial charge in [0.2, 0.25) is 5.91 Å². The number of piperidine rings is 1. The molecule has 1 fully saturated rings. The first-order valence-electron chi connectivity index (χ1n) is 10.4. The summed E-state index contributed by atoms with van der Waals surface area (Å²) in [6, 6.07) is 9.04. The third-order valence-electron chi connectivity index (χ3n) is 6.20. The SMILES string of the molecule is COc1ccc(CC(=O)N2CCC3(CC2)CC(=O)c2cc(Cl)c(C)cc2O3)cc1OC. The van der Waals surface area contributed by atoms with Gasteiger partial charge in [-0.1, -0.05) is 17.7 Å². The van der Waals surface area contributed by atoms with Crippen LogP contribution in [0.1, 0.15) is 40.7 Å². The fraction of sp³-hybridized carbons (Fsp3) is 0.417. The van der Waals surface area contributed by atoms with Crippen molar-refractivity contribution < 1.29 is 23.8 Å². The fourth-order valence-electron chi connectivity index (χ4n) is 4.33. The van der Waals surface area contributed by atoms with Crippen molar-refractivity contribution in [1.29, 1.82) is 0 Å². The number of aryl methyl sites for hydroxylation is 1. The van der Waals surface area contributed by atoms with Crippen molar-refractivity contribution >= 4 is 23.3 Å². The van der Waals surface area contributed by atoms with Gasteiger partial charge in [0, 0.05) is 31.0 Å². The second kappa shape index (κ2) is 8.42. The van der Waals surface area contributed by atoms with Gasteiger partial charge in [0.05, 0.1) is 32.6 Å². The summed E-state index contributed by atoms with van der Waals surface area (Å²) in [4.78, 5) is 27.5. The Hall–Kier alpha value is -2.73. The lowest BCUT2D eigenvalue weighted by molar-refractivity contribution is -0.134. The van der Waals surface area contributed by atoms with Crippen LogP contribution in [0.25, 0.3) is 0 Å². The molecular weight excluding hydrogens is 418 g/mol. The van der Waals surface area contributed by atoms with E-state index in [1.54, 1.807) is 26.4 Å². The molecule has 6 nitrogen and oxygen atoms in total. The molecule has 2 aromatic rings. The van der Waals surface area contributed by atoms with E-state index in [1.165, 1.54) is 0 Å². The standard InChI is InChI=1S/C24H26ClNO5/c1-15-10-21-17(13-18(15)25)19(27)14-24(31-21)6-8-26(9-7-24)23(28)12-16-4-5-20(29-2)22(11-16)30-3/h4-5,10-11,13H,6-9,12,14H2,1-3H3. The average Bonchev–Trinajstić information content (AvgIpc) is 2.75. The van der Waals surface area contributed by atoms with Gasteiger partial charge in [0.15, 0.2) is 17.3 Å². The van der Waals surface area contributed by atoms with E-state index in [2.05, 4.69) is 0 Å². The van der Waals surface area contributed by atoms with Crippen molar-refractivity contribution in [2.75, 3.05) is 27.3 Å². The number of hydrogen-bond donors (Lipinski definition) is 0. The number of ketones is 1. The van der Waals surface area contributed by atoms with Gasteiger partial charge >= 0.3 is 0 Å². The monoisotopic (exact) mass is 443 g/mol. The number of carbonyl (C=O) groups is 2. The molecule has 7 heteroatoms. The maximum atomic E-state index is 12.9. The van der Waals surface area contributed by atoms with Gasteiger partial charge in [-0.2, -0.15) is 0 Å². The molecule has 1 saturated heterocycles. The van der Waals surface area contributed by atoms with E-state index < -0.39 is 5.60 Å². The highest BCUT2D eigenvalue weighted by Gasteiger charge is 2.43. The number of ether oxygens (including phenoxy) is 3. The van der Waals surface area contributed by atoms with E-state index >= 15 is 0 Å². The lowest BCUT2D eigenvalue weighted by Crippen LogP contribution is -2.52. The molecule has 0 radical (unpaired) electrons. The summed E-state index contributed by atoms with van der Waals surface area (Å²) in [6.07, 6.45) is 1.85. The predicted molar refractivity (Wildman–Crippen MR) is 118 cm³/mol. The summed E-state index contributed by atoms with van der Waals surface area (Å²) in [5.74, 6) is 1.94. The molecule has 2 heterocycles. The van der Waals surface area contributed by atoms with Crippen molar-refractivity contribution in [2.45, 2.75) is 38.2 Å². The molecule has 0 aliphatic carbocycles. The first-order valence-corrected chi connectivity index (χ1v) is 10.7. The van der Waals surface area contributed by atoms with Gasteiger partial charge in [-0.25, -0.2) is 0 Å². The summed E-state index contributed by atoms with van der Waals surface area (Å²) in [7, 11) is 3.16. The summed E-state index contributed by atoms with van der Waals surface area (Å²) in [5, 5.41) is 0.572. The van der Waals surface area contributed by atoms with E-state index in [4.69, 9.17) is 25.8 Å². The minimum Gasteiger partial charge on any atom is -0.493 e. The third kappa shape index (κ3) is 4.22. The average molecular weight is 444 g/mol. The molecule has 2 aliphatic heterocycles. The first kappa shape index (κ1) is 21.5. The van der Waals surface area contributed by atoms with Gasteiger partial charge < -0.3 is 19.1 Å². The number of hydrogen-bond acceptors (Lipinski definition) is 5. The van der Waals surface area contributed by atoms with Crippen LogP contribution in [0.2, 0.25) is 5.02 Å². The second-order valence-electron chi connectivity index (χ2n) is 8.23. The predicted octanol–water partition coefficient (Wildman–Crippen LogP) is 4.23. The topological polar surface area (TPSA) is 65.1 Å². The fourth-order valence-corrected chi connectivity index (χ4v) is 4.50. The molecule has 0 atom stereocenters. The molecule has 0 unspecified atom stereocenters. The highest BCUT2D eigenvalue weighted by atomic mass is 35.5. The van der Waals surface area contributed by atoms with Crippen molar-refractivity contribution in [3.05, 3.63) is 52.0 Å². The van der Waals surface area contributed by atoms with Gasteiger partial charge in [-0.3, -0.25) is 9.59 Å². The Kier molecular flexibility index (Phi) is 5.84. The summed E-state index contributed by atoms with van der Waals surface area (Å²) in [6.45, 7) is 3.01. The Morgan fingerprint density at radius 1 is 1.13 bits per heavy atom. The second-order valence-corrected chi connectivity index (χ2v) is 8.64. The van der Waals surface area contributed by atoms with Gasteiger partial charge in [-0.15, -0.1) is 0 Å². The molecule has 0 bridgehead atoms. The summed E-state index contributed by atoms with van der Waals surface area (Å²) in [5.41, 5.74) is 1.75. The van der Waals surface area contributed by atoms with Crippen LogP contribution in [-0.2, 0) is 11.2 Å². The largest absolute Gasteiger partial charge is 0.493 e. The van der Waals surface area contributed by atoms with E-state index in [0.717, 1.165) is 11.1 Å². The molecule has 0 N–H and O–H groups in total. The van der Waals surface area contributed by atoms with Crippen LogP contribution < -0.4 is 14.2 Å². The van der Waals surface area contributed by atoms with Crippen LogP contribution in [0, 0.1) is 6.92 Å². The number of carbonyl (C=O) groups excluding carboxylic acids is 2. The summed E-state index contributed by atoms with van der Waals surface area (Å²) < 4.78 is 16.9. The number of halogens is 1. The molecular formula is C24H26ClNO5. The zero-order valence-corrected chi connectivity index (χ0v) is 18.8. The van der Waals surface area contributed by atoms with Crippen LogP contribution in [0.5, 0.6) is 17.2 Å². The Bertz CT molecular complexity index is 1030. The van der Waals surface area contributed by atoms with Gasteiger partial charge in [-0.05, 0) is 42.3 Å². The number of Topliss-reactive ketones (excluding diaryl/α,β-unsaturated/α-hetero) is 1. The number of methoxy groups -OCH3 is 2. The third-order valence-corrected chi connectivity index (χ3v) is 6.61. The number of nitrogens with zero attached hydrogens (tertiary/aromatic N) is 1. The zero-order valence-electron chi connectivity index (χ0n) is 18.0. The molecule has 0 aromatic heterocycles. The number of rotatable bonds is 4. The molecule has 1 spiro atoms. The maximum Gasteiger partial charge on any atom is 0.226 e. The van der Waals surface area contributed by atoms with E-state index in [1.807, 2.05) is 30.0 Å². The van der Waals surface area contributed by atoms with Crippen LogP contribution in [-0.4, -0.2) is 49.5 Å². The molecule has 1 amide bonds. The minimum absolute atomic E-state index is 0.0484. The molecule has 2 aromatic carbocycles. The highest BCUT2D eigenvalue weighted by Crippen LogP contribution is 2.41. The van der Waals surface area contributed by atoms with Crippen molar-refractivity contribution in [3.63, 3.8) is 0 Å². The Morgan fingerprint density at radius 3 is 2.52 bits per heavy atom. The Morgan fingerprint density at radius 2 is 1.84 bits per heavy atom.